The van der Waals surface area contributed by atoms with Crippen LogP contribution in [0.25, 0.3) is 0 Å². The van der Waals surface area contributed by atoms with Crippen LogP contribution in [0.5, 0.6) is 5.75 Å². The molecule has 128 valence electrons. The largest absolute Gasteiger partial charge is 0.497 e. The zero-order valence-electron chi connectivity index (χ0n) is 14.3. The number of benzene rings is 1. The van der Waals surface area contributed by atoms with Gasteiger partial charge in [-0.3, -0.25) is 4.79 Å². The summed E-state index contributed by atoms with van der Waals surface area (Å²) in [6, 6.07) is 7.24. The molecule has 1 rings (SSSR count). The van der Waals surface area contributed by atoms with Gasteiger partial charge in [0.25, 0.3) is 0 Å². The van der Waals surface area contributed by atoms with Gasteiger partial charge in [0.15, 0.2) is 0 Å². The Balaban J connectivity index is 2.75. The van der Waals surface area contributed by atoms with Crippen molar-refractivity contribution in [3.05, 3.63) is 29.8 Å². The number of carboxylic acid groups (broad SMARTS) is 1. The number of rotatable bonds is 6. The van der Waals surface area contributed by atoms with Gasteiger partial charge in [0.2, 0.25) is 0 Å². The molecular weight excluding hydrogens is 298 g/mol. The Bertz CT molecular complexity index is 550. The summed E-state index contributed by atoms with van der Waals surface area (Å²) in [7, 11) is 3.10. The second kappa shape index (κ2) is 7.85. The van der Waals surface area contributed by atoms with E-state index in [0.717, 1.165) is 5.56 Å². The molecule has 0 unspecified atom stereocenters. The average Bonchev–Trinajstić information content (AvgIpc) is 2.44. The normalized spacial score (nSPS) is 12.4. The minimum Gasteiger partial charge on any atom is -0.497 e. The molecule has 0 aliphatic carbocycles. The van der Waals surface area contributed by atoms with Crippen LogP contribution >= 0.6 is 0 Å². The van der Waals surface area contributed by atoms with E-state index in [1.807, 2.05) is 12.1 Å². The highest BCUT2D eigenvalue weighted by molar-refractivity contribution is 5.73. The Labute approximate surface area is 137 Å². The lowest BCUT2D eigenvalue weighted by molar-refractivity contribution is -0.142. The molecule has 0 aromatic heterocycles. The first-order valence-corrected chi connectivity index (χ1v) is 7.42. The molecule has 0 saturated carbocycles. The highest BCUT2D eigenvalue weighted by Crippen LogP contribution is 2.17. The van der Waals surface area contributed by atoms with Crippen LogP contribution < -0.4 is 4.74 Å². The number of nitrogens with zero attached hydrogens (tertiary/aromatic N) is 1. The molecule has 0 aliphatic rings. The Morgan fingerprint density at radius 1 is 1.30 bits per heavy atom. The van der Waals surface area contributed by atoms with Crippen LogP contribution in [-0.2, 0) is 16.0 Å². The minimum absolute atomic E-state index is 0.0709. The maximum absolute atomic E-state index is 12.0. The zero-order chi connectivity index (χ0) is 17.6. The first-order valence-electron chi connectivity index (χ1n) is 7.42. The molecule has 6 heteroatoms. The third-order valence-corrected chi connectivity index (χ3v) is 3.16. The average molecular weight is 323 g/mol. The lowest BCUT2D eigenvalue weighted by Crippen LogP contribution is -2.39. The highest BCUT2D eigenvalue weighted by atomic mass is 16.6. The second-order valence-electron chi connectivity index (χ2n) is 6.45. The number of aliphatic carboxylic acids is 1. The fourth-order valence-corrected chi connectivity index (χ4v) is 2.06. The summed E-state index contributed by atoms with van der Waals surface area (Å²) in [4.78, 5) is 24.7. The van der Waals surface area contributed by atoms with E-state index in [1.54, 1.807) is 40.0 Å². The predicted molar refractivity (Wildman–Crippen MR) is 86.7 cm³/mol. The van der Waals surface area contributed by atoms with Crippen molar-refractivity contribution in [3.8, 4) is 5.75 Å². The molecular formula is C17H25NO5. The van der Waals surface area contributed by atoms with Gasteiger partial charge in [0.05, 0.1) is 13.0 Å². The molecule has 0 heterocycles. The van der Waals surface area contributed by atoms with Crippen LogP contribution in [0.4, 0.5) is 4.79 Å². The van der Waals surface area contributed by atoms with Gasteiger partial charge >= 0.3 is 12.1 Å². The Morgan fingerprint density at radius 3 is 2.48 bits per heavy atom. The number of methoxy groups -OCH3 is 1. The van der Waals surface area contributed by atoms with Crippen LogP contribution in [-0.4, -0.2) is 48.4 Å². The molecule has 1 aromatic rings. The fraction of sp³-hybridized carbons (Fsp3) is 0.529. The summed E-state index contributed by atoms with van der Waals surface area (Å²) >= 11 is 0. The summed E-state index contributed by atoms with van der Waals surface area (Å²) in [6.45, 7) is 5.37. The van der Waals surface area contributed by atoms with Gasteiger partial charge < -0.3 is 19.5 Å². The van der Waals surface area contributed by atoms with Crippen LogP contribution in [0.15, 0.2) is 24.3 Å². The molecule has 1 N–H and O–H groups in total. The summed E-state index contributed by atoms with van der Waals surface area (Å²) in [5.41, 5.74) is 0.228. The number of amides is 1. The molecule has 0 aliphatic heterocycles. The number of ether oxygens (including phenoxy) is 2. The van der Waals surface area contributed by atoms with Crippen molar-refractivity contribution < 1.29 is 24.2 Å². The molecule has 1 aromatic carbocycles. The van der Waals surface area contributed by atoms with Crippen LogP contribution in [0, 0.1) is 5.92 Å². The van der Waals surface area contributed by atoms with E-state index in [4.69, 9.17) is 9.47 Å². The summed E-state index contributed by atoms with van der Waals surface area (Å²) < 4.78 is 10.4. The quantitative estimate of drug-likeness (QED) is 0.871. The number of carbonyl (C=O) groups is 2. The van der Waals surface area contributed by atoms with Gasteiger partial charge in [0.1, 0.15) is 11.4 Å². The summed E-state index contributed by atoms with van der Waals surface area (Å²) in [5, 5.41) is 9.41. The van der Waals surface area contributed by atoms with Crippen molar-refractivity contribution in [1.82, 2.24) is 4.90 Å². The van der Waals surface area contributed by atoms with Gasteiger partial charge in [-0.05, 0) is 44.9 Å². The molecule has 0 spiro atoms. The van der Waals surface area contributed by atoms with E-state index in [-0.39, 0.29) is 6.54 Å². The highest BCUT2D eigenvalue weighted by Gasteiger charge is 2.25. The van der Waals surface area contributed by atoms with Crippen molar-refractivity contribution in [2.75, 3.05) is 20.7 Å². The van der Waals surface area contributed by atoms with E-state index >= 15 is 0 Å². The second-order valence-corrected chi connectivity index (χ2v) is 6.45. The molecule has 1 atom stereocenters. The van der Waals surface area contributed by atoms with E-state index in [9.17, 15) is 14.7 Å². The van der Waals surface area contributed by atoms with E-state index in [1.165, 1.54) is 11.9 Å². The topological polar surface area (TPSA) is 76.1 Å². The third-order valence-electron chi connectivity index (χ3n) is 3.16. The Kier molecular flexibility index (Phi) is 6.42. The van der Waals surface area contributed by atoms with Crippen LogP contribution in [0.3, 0.4) is 0 Å². The molecule has 0 radical (unpaired) electrons. The standard InChI is InChI=1S/C17H25NO5/c1-17(2,3)23-16(21)18(4)11-13(15(19)20)9-12-7-6-8-14(10-12)22-5/h6-8,10,13H,9,11H2,1-5H3,(H,19,20)/t13-/m0/s1. The van der Waals surface area contributed by atoms with Crippen molar-refractivity contribution in [1.29, 1.82) is 0 Å². The van der Waals surface area contributed by atoms with Crippen molar-refractivity contribution >= 4 is 12.1 Å². The first kappa shape index (κ1) is 18.8. The van der Waals surface area contributed by atoms with E-state index < -0.39 is 23.6 Å². The third kappa shape index (κ3) is 6.59. The van der Waals surface area contributed by atoms with Crippen LogP contribution in [0.2, 0.25) is 0 Å². The molecule has 0 fully saturated rings. The fourth-order valence-electron chi connectivity index (χ4n) is 2.06. The van der Waals surface area contributed by atoms with Crippen LogP contribution in [0.1, 0.15) is 26.3 Å². The monoisotopic (exact) mass is 323 g/mol. The first-order chi connectivity index (χ1) is 10.6. The summed E-state index contributed by atoms with van der Waals surface area (Å²) in [5.74, 6) is -1.00. The Morgan fingerprint density at radius 2 is 1.96 bits per heavy atom. The Hall–Kier alpha value is -2.24. The lowest BCUT2D eigenvalue weighted by Gasteiger charge is -2.26. The maximum Gasteiger partial charge on any atom is 0.410 e. The minimum atomic E-state index is -0.955. The predicted octanol–water partition coefficient (Wildman–Crippen LogP) is 2.81. The van der Waals surface area contributed by atoms with Gasteiger partial charge in [-0.25, -0.2) is 4.79 Å². The molecule has 1 amide bonds. The molecule has 23 heavy (non-hydrogen) atoms. The van der Waals surface area contributed by atoms with Crippen molar-refractivity contribution in [3.63, 3.8) is 0 Å². The molecule has 6 nitrogen and oxygen atoms in total. The molecule has 0 bridgehead atoms. The number of carbonyl (C=O) groups excluding carboxylic acids is 1. The zero-order valence-corrected chi connectivity index (χ0v) is 14.3. The smallest absolute Gasteiger partial charge is 0.410 e. The van der Waals surface area contributed by atoms with E-state index in [2.05, 4.69) is 0 Å². The van der Waals surface area contributed by atoms with Crippen molar-refractivity contribution in [2.24, 2.45) is 5.92 Å². The van der Waals surface area contributed by atoms with Gasteiger partial charge in [-0.2, -0.15) is 0 Å². The molecule has 0 saturated heterocycles. The SMILES string of the molecule is COc1cccc(C[C@@H](CN(C)C(=O)OC(C)(C)C)C(=O)O)c1. The van der Waals surface area contributed by atoms with Gasteiger partial charge in [-0.1, -0.05) is 12.1 Å². The van der Waals surface area contributed by atoms with Crippen molar-refractivity contribution in [2.45, 2.75) is 32.8 Å². The number of carboxylic acids is 1. The van der Waals surface area contributed by atoms with Gasteiger partial charge in [0, 0.05) is 13.6 Å². The maximum atomic E-state index is 12.0. The van der Waals surface area contributed by atoms with E-state index in [0.29, 0.717) is 12.2 Å². The van der Waals surface area contributed by atoms with Gasteiger partial charge in [-0.15, -0.1) is 0 Å². The number of hydrogen-bond donors (Lipinski definition) is 1. The summed E-state index contributed by atoms with van der Waals surface area (Å²) in [6.07, 6.45) is -0.228. The lowest BCUT2D eigenvalue weighted by atomic mass is 9.99. The number of hydrogen-bond acceptors (Lipinski definition) is 4.